The van der Waals surface area contributed by atoms with Crippen LogP contribution in [0, 0.1) is 0 Å². The molecule has 0 spiro atoms. The molecule has 0 aliphatic carbocycles. The van der Waals surface area contributed by atoms with E-state index in [1.165, 1.54) is 6.42 Å². The molecule has 0 aromatic rings. The van der Waals surface area contributed by atoms with Crippen LogP contribution in [-0.2, 0) is 52.1 Å². The van der Waals surface area contributed by atoms with Crippen molar-refractivity contribution in [2.24, 2.45) is 0 Å². The van der Waals surface area contributed by atoms with E-state index in [0.717, 1.165) is 45.4 Å². The summed E-state index contributed by atoms with van der Waals surface area (Å²) in [6, 6.07) is 0. The van der Waals surface area contributed by atoms with Gasteiger partial charge in [0.15, 0.2) is 6.29 Å². The standard InChI is InChI=1S/C28H55NO11/c1-2-8-39-28(3-1)40-26-24-37-22-20-35-18-16-33-14-12-31-10-9-30-11-13-32-15-17-34-19-21-36-23-25-38-27-4-6-29-7-5-27/h27-29H,1-26H2. The van der Waals surface area contributed by atoms with Gasteiger partial charge in [0.1, 0.15) is 0 Å². The minimum atomic E-state index is -0.0601. The van der Waals surface area contributed by atoms with Crippen molar-refractivity contribution < 1.29 is 52.1 Å². The van der Waals surface area contributed by atoms with Crippen molar-refractivity contribution in [3.63, 3.8) is 0 Å². The highest BCUT2D eigenvalue weighted by Crippen LogP contribution is 2.13. The summed E-state index contributed by atoms with van der Waals surface area (Å²) < 4.78 is 60.8. The molecule has 0 bridgehead atoms. The van der Waals surface area contributed by atoms with Crippen LogP contribution < -0.4 is 5.32 Å². The Labute approximate surface area is 240 Å². The first-order chi connectivity index (χ1) is 19.9. The third kappa shape index (κ3) is 23.1. The van der Waals surface area contributed by atoms with Crippen LogP contribution >= 0.6 is 0 Å². The number of rotatable bonds is 29. The fourth-order valence-corrected chi connectivity index (χ4v) is 3.96. The summed E-state index contributed by atoms with van der Waals surface area (Å²) in [5.74, 6) is 0. The Morgan fingerprint density at radius 2 is 0.800 bits per heavy atom. The Bertz CT molecular complexity index is 465. The van der Waals surface area contributed by atoms with Crippen LogP contribution in [0.4, 0.5) is 0 Å². The second-order valence-corrected chi connectivity index (χ2v) is 9.39. The van der Waals surface area contributed by atoms with E-state index in [0.29, 0.717) is 125 Å². The quantitative estimate of drug-likeness (QED) is 0.129. The van der Waals surface area contributed by atoms with E-state index in [1.807, 2.05) is 0 Å². The monoisotopic (exact) mass is 581 g/mol. The van der Waals surface area contributed by atoms with Gasteiger partial charge in [-0.2, -0.15) is 0 Å². The molecule has 2 saturated heterocycles. The smallest absolute Gasteiger partial charge is 0.157 e. The van der Waals surface area contributed by atoms with Gasteiger partial charge in [-0.15, -0.1) is 0 Å². The Morgan fingerprint density at radius 1 is 0.425 bits per heavy atom. The average Bonchev–Trinajstić information content (AvgIpc) is 2.99. The van der Waals surface area contributed by atoms with Crippen LogP contribution in [-0.4, -0.2) is 151 Å². The molecule has 2 aliphatic rings. The van der Waals surface area contributed by atoms with Gasteiger partial charge in [-0.25, -0.2) is 0 Å². The van der Waals surface area contributed by atoms with Gasteiger partial charge < -0.3 is 57.4 Å². The molecular formula is C28H55NO11. The van der Waals surface area contributed by atoms with Crippen molar-refractivity contribution in [3.05, 3.63) is 0 Å². The van der Waals surface area contributed by atoms with E-state index < -0.39 is 0 Å². The molecule has 2 fully saturated rings. The zero-order valence-electron chi connectivity index (χ0n) is 24.5. The van der Waals surface area contributed by atoms with Crippen molar-refractivity contribution in [3.8, 4) is 0 Å². The number of hydrogen-bond donors (Lipinski definition) is 1. The summed E-state index contributed by atoms with van der Waals surface area (Å²) in [5, 5.41) is 3.33. The molecule has 0 aromatic heterocycles. The highest BCUT2D eigenvalue weighted by Gasteiger charge is 2.13. The van der Waals surface area contributed by atoms with E-state index in [2.05, 4.69) is 5.32 Å². The lowest BCUT2D eigenvalue weighted by Crippen LogP contribution is -2.33. The Hall–Kier alpha value is -0.480. The van der Waals surface area contributed by atoms with E-state index in [-0.39, 0.29) is 6.29 Å². The fraction of sp³-hybridized carbons (Fsp3) is 1.00. The largest absolute Gasteiger partial charge is 0.377 e. The van der Waals surface area contributed by atoms with Gasteiger partial charge >= 0.3 is 0 Å². The van der Waals surface area contributed by atoms with Gasteiger partial charge in [-0.3, -0.25) is 0 Å². The van der Waals surface area contributed by atoms with Crippen molar-refractivity contribution in [1.82, 2.24) is 5.32 Å². The van der Waals surface area contributed by atoms with Gasteiger partial charge in [-0.1, -0.05) is 0 Å². The maximum atomic E-state index is 5.79. The first-order valence-corrected chi connectivity index (χ1v) is 15.1. The minimum Gasteiger partial charge on any atom is -0.377 e. The highest BCUT2D eigenvalue weighted by molar-refractivity contribution is 4.67. The van der Waals surface area contributed by atoms with Gasteiger partial charge in [0.2, 0.25) is 0 Å². The van der Waals surface area contributed by atoms with Crippen LogP contribution in [0.25, 0.3) is 0 Å². The molecule has 238 valence electrons. The van der Waals surface area contributed by atoms with Gasteiger partial charge in [-0.05, 0) is 45.2 Å². The lowest BCUT2D eigenvalue weighted by atomic mass is 10.1. The van der Waals surface area contributed by atoms with E-state index >= 15 is 0 Å². The molecular weight excluding hydrogens is 526 g/mol. The third-order valence-corrected chi connectivity index (χ3v) is 6.14. The Balaban J connectivity index is 1.13. The molecule has 12 nitrogen and oxygen atoms in total. The molecule has 1 N–H and O–H groups in total. The van der Waals surface area contributed by atoms with Gasteiger partial charge in [0.25, 0.3) is 0 Å². The lowest BCUT2D eigenvalue weighted by Gasteiger charge is -2.22. The SMILES string of the molecule is C1CCC(OCCOCCOCCOCCOCCOCCOCCOCCOCCOC2CCNCC2)OC1. The topological polar surface area (TPSA) is 114 Å². The second kappa shape index (κ2) is 28.6. The lowest BCUT2D eigenvalue weighted by molar-refractivity contribution is -0.169. The van der Waals surface area contributed by atoms with Crippen LogP contribution in [0.15, 0.2) is 0 Å². The molecule has 0 saturated carbocycles. The first kappa shape index (κ1) is 35.7. The van der Waals surface area contributed by atoms with Crippen molar-refractivity contribution in [2.75, 3.05) is 139 Å². The van der Waals surface area contributed by atoms with Crippen LogP contribution in [0.5, 0.6) is 0 Å². The number of nitrogens with one attached hydrogen (secondary N) is 1. The zero-order chi connectivity index (χ0) is 28.0. The molecule has 2 rings (SSSR count). The number of hydrogen-bond acceptors (Lipinski definition) is 12. The summed E-state index contributed by atoms with van der Waals surface area (Å²) in [6.07, 6.45) is 5.76. The normalized spacial score (nSPS) is 18.4. The van der Waals surface area contributed by atoms with Crippen LogP contribution in [0.1, 0.15) is 32.1 Å². The molecule has 12 heteroatoms. The van der Waals surface area contributed by atoms with Gasteiger partial charge in [0.05, 0.1) is 125 Å². The molecule has 1 unspecified atom stereocenters. The zero-order valence-corrected chi connectivity index (χ0v) is 24.5. The summed E-state index contributed by atoms with van der Waals surface area (Å²) in [7, 11) is 0. The van der Waals surface area contributed by atoms with E-state index in [4.69, 9.17) is 52.1 Å². The number of ether oxygens (including phenoxy) is 11. The summed E-state index contributed by atoms with van der Waals surface area (Å²) in [4.78, 5) is 0. The van der Waals surface area contributed by atoms with Crippen molar-refractivity contribution >= 4 is 0 Å². The fourth-order valence-electron chi connectivity index (χ4n) is 3.96. The number of piperidine rings is 1. The summed E-state index contributed by atoms with van der Waals surface area (Å²) in [5.41, 5.74) is 0. The summed E-state index contributed by atoms with van der Waals surface area (Å²) >= 11 is 0. The van der Waals surface area contributed by atoms with E-state index in [1.54, 1.807) is 0 Å². The molecule has 0 radical (unpaired) electrons. The summed E-state index contributed by atoms with van der Waals surface area (Å²) in [6.45, 7) is 12.8. The van der Waals surface area contributed by atoms with Crippen LogP contribution in [0.3, 0.4) is 0 Å². The Kier molecular flexibility index (Phi) is 25.6. The van der Waals surface area contributed by atoms with E-state index in [9.17, 15) is 0 Å². The first-order valence-electron chi connectivity index (χ1n) is 15.1. The van der Waals surface area contributed by atoms with Crippen LogP contribution in [0.2, 0.25) is 0 Å². The van der Waals surface area contributed by atoms with Crippen molar-refractivity contribution in [1.29, 1.82) is 0 Å². The second-order valence-electron chi connectivity index (χ2n) is 9.39. The molecule has 2 aliphatic heterocycles. The Morgan fingerprint density at radius 3 is 1.18 bits per heavy atom. The predicted octanol–water partition coefficient (Wildman–Crippen LogP) is 1.43. The third-order valence-electron chi connectivity index (χ3n) is 6.14. The maximum absolute atomic E-state index is 5.79. The molecule has 0 aromatic carbocycles. The predicted molar refractivity (Wildman–Crippen MR) is 148 cm³/mol. The minimum absolute atomic E-state index is 0.0601. The van der Waals surface area contributed by atoms with Gasteiger partial charge in [0, 0.05) is 6.61 Å². The molecule has 0 amide bonds. The van der Waals surface area contributed by atoms with Crippen molar-refractivity contribution in [2.45, 2.75) is 44.5 Å². The highest BCUT2D eigenvalue weighted by atomic mass is 16.7. The molecule has 2 heterocycles. The molecule has 1 atom stereocenters. The average molecular weight is 582 g/mol. The molecule has 40 heavy (non-hydrogen) atoms. The maximum Gasteiger partial charge on any atom is 0.157 e.